The minimum atomic E-state index is -0.473. The zero-order valence-electron chi connectivity index (χ0n) is 13.5. The Morgan fingerprint density at radius 3 is 2.96 bits per heavy atom. The Bertz CT molecular complexity index is 767. The van der Waals surface area contributed by atoms with Crippen molar-refractivity contribution in [1.82, 2.24) is 20.1 Å². The number of carbonyl (C=O) groups excluding carboxylic acids is 1. The fourth-order valence-electron chi connectivity index (χ4n) is 3.31. The summed E-state index contributed by atoms with van der Waals surface area (Å²) in [6, 6.07) is 4.48. The third kappa shape index (κ3) is 3.17. The predicted molar refractivity (Wildman–Crippen MR) is 84.5 cm³/mol. The van der Waals surface area contributed by atoms with Crippen LogP contribution in [0.15, 0.2) is 36.8 Å². The van der Waals surface area contributed by atoms with Gasteiger partial charge in [-0.2, -0.15) is 10.2 Å². The largest absolute Gasteiger partial charge is 0.472 e. The Labute approximate surface area is 143 Å². The van der Waals surface area contributed by atoms with Gasteiger partial charge in [-0.25, -0.2) is 9.37 Å². The molecule has 2 aromatic rings. The second kappa shape index (κ2) is 6.36. The molecular formula is C17H17FN4O3. The molecule has 2 fully saturated rings. The van der Waals surface area contributed by atoms with E-state index < -0.39 is 11.4 Å². The minimum Gasteiger partial charge on any atom is -0.472 e. The summed E-state index contributed by atoms with van der Waals surface area (Å²) in [7, 11) is 0. The standard InChI is InChI=1S/C17H17FN4O3/c18-14-2-1-5-19-15(14)25-13-4-7-24-17(8-13)10-22(11-17)16(23)12-3-6-20-21-9-12/h1-3,5-6,9,13H,4,7-8,10-11H2. The van der Waals surface area contributed by atoms with Gasteiger partial charge in [0, 0.05) is 19.0 Å². The Kier molecular flexibility index (Phi) is 4.04. The van der Waals surface area contributed by atoms with E-state index in [9.17, 15) is 9.18 Å². The first kappa shape index (κ1) is 15.9. The van der Waals surface area contributed by atoms with Crippen LogP contribution < -0.4 is 4.74 Å². The highest BCUT2D eigenvalue weighted by Gasteiger charge is 2.50. The summed E-state index contributed by atoms with van der Waals surface area (Å²) >= 11 is 0. The number of likely N-dealkylation sites (tertiary alicyclic amines) is 1. The van der Waals surface area contributed by atoms with E-state index in [1.807, 2.05) is 0 Å². The van der Waals surface area contributed by atoms with Crippen molar-refractivity contribution in [2.75, 3.05) is 19.7 Å². The molecule has 2 aliphatic rings. The fraction of sp³-hybridized carbons (Fsp3) is 0.412. The lowest BCUT2D eigenvalue weighted by Gasteiger charge is -2.52. The van der Waals surface area contributed by atoms with E-state index in [4.69, 9.17) is 9.47 Å². The van der Waals surface area contributed by atoms with Crippen LogP contribution in [-0.4, -0.2) is 57.4 Å². The maximum absolute atomic E-state index is 13.7. The highest BCUT2D eigenvalue weighted by molar-refractivity contribution is 5.94. The minimum absolute atomic E-state index is 0.0136. The molecule has 4 rings (SSSR count). The fourth-order valence-corrected chi connectivity index (χ4v) is 3.31. The van der Waals surface area contributed by atoms with Crippen LogP contribution in [0.25, 0.3) is 0 Å². The van der Waals surface area contributed by atoms with Gasteiger partial charge >= 0.3 is 0 Å². The number of hydrogen-bond acceptors (Lipinski definition) is 6. The molecule has 0 saturated carbocycles. The number of halogens is 1. The summed E-state index contributed by atoms with van der Waals surface area (Å²) in [5.41, 5.74) is 0.0774. The zero-order valence-corrected chi connectivity index (χ0v) is 13.5. The van der Waals surface area contributed by atoms with Crippen molar-refractivity contribution in [2.24, 2.45) is 0 Å². The second-order valence-corrected chi connectivity index (χ2v) is 6.35. The van der Waals surface area contributed by atoms with Gasteiger partial charge in [-0.05, 0) is 18.2 Å². The van der Waals surface area contributed by atoms with Crippen molar-refractivity contribution in [3.05, 3.63) is 48.2 Å². The summed E-state index contributed by atoms with van der Waals surface area (Å²) in [6.07, 6.45) is 5.52. The van der Waals surface area contributed by atoms with Crippen LogP contribution >= 0.6 is 0 Å². The van der Waals surface area contributed by atoms with E-state index in [-0.39, 0.29) is 17.9 Å². The van der Waals surface area contributed by atoms with Crippen LogP contribution in [0.4, 0.5) is 4.39 Å². The van der Waals surface area contributed by atoms with E-state index >= 15 is 0 Å². The molecule has 1 amide bonds. The van der Waals surface area contributed by atoms with E-state index in [1.54, 1.807) is 11.0 Å². The molecule has 0 radical (unpaired) electrons. The molecule has 2 aliphatic heterocycles. The molecule has 1 spiro atoms. The first-order valence-corrected chi connectivity index (χ1v) is 8.12. The van der Waals surface area contributed by atoms with Crippen molar-refractivity contribution >= 4 is 5.91 Å². The normalized spacial score (nSPS) is 21.6. The number of rotatable bonds is 3. The molecule has 0 bridgehead atoms. The summed E-state index contributed by atoms with van der Waals surface area (Å²) < 4.78 is 25.3. The summed E-state index contributed by atoms with van der Waals surface area (Å²) in [4.78, 5) is 18.0. The Hall–Kier alpha value is -2.61. The van der Waals surface area contributed by atoms with Gasteiger partial charge in [0.15, 0.2) is 5.82 Å². The molecular weight excluding hydrogens is 327 g/mol. The Balaban J connectivity index is 1.38. The molecule has 0 aliphatic carbocycles. The highest BCUT2D eigenvalue weighted by atomic mass is 19.1. The molecule has 7 nitrogen and oxygen atoms in total. The van der Waals surface area contributed by atoms with Gasteiger partial charge in [-0.3, -0.25) is 4.79 Å². The van der Waals surface area contributed by atoms with Crippen LogP contribution in [0.1, 0.15) is 23.2 Å². The van der Waals surface area contributed by atoms with Gasteiger partial charge < -0.3 is 14.4 Å². The Morgan fingerprint density at radius 1 is 1.32 bits per heavy atom. The summed E-state index contributed by atoms with van der Waals surface area (Å²) in [5, 5.41) is 7.40. The first-order valence-electron chi connectivity index (χ1n) is 8.12. The first-order chi connectivity index (χ1) is 12.2. The second-order valence-electron chi connectivity index (χ2n) is 6.35. The molecule has 1 unspecified atom stereocenters. The lowest BCUT2D eigenvalue weighted by Crippen LogP contribution is -2.67. The smallest absolute Gasteiger partial charge is 0.255 e. The average molecular weight is 344 g/mol. The van der Waals surface area contributed by atoms with Crippen LogP contribution in [0.2, 0.25) is 0 Å². The van der Waals surface area contributed by atoms with Crippen LogP contribution in [0, 0.1) is 5.82 Å². The van der Waals surface area contributed by atoms with Crippen molar-refractivity contribution in [3.63, 3.8) is 0 Å². The van der Waals surface area contributed by atoms with Crippen LogP contribution in [0.3, 0.4) is 0 Å². The quantitative estimate of drug-likeness (QED) is 0.839. The molecule has 1 atom stereocenters. The number of aromatic nitrogens is 3. The number of nitrogens with zero attached hydrogens (tertiary/aromatic N) is 4. The molecule has 130 valence electrons. The van der Waals surface area contributed by atoms with Gasteiger partial charge in [0.2, 0.25) is 0 Å². The van der Waals surface area contributed by atoms with Crippen molar-refractivity contribution in [1.29, 1.82) is 0 Å². The lowest BCUT2D eigenvalue weighted by molar-refractivity contribution is -0.174. The van der Waals surface area contributed by atoms with E-state index in [1.165, 1.54) is 30.7 Å². The average Bonchev–Trinajstić information content (AvgIpc) is 2.62. The van der Waals surface area contributed by atoms with Gasteiger partial charge in [0.25, 0.3) is 11.8 Å². The summed E-state index contributed by atoms with van der Waals surface area (Å²) in [6.45, 7) is 1.48. The van der Waals surface area contributed by atoms with Crippen LogP contribution in [0.5, 0.6) is 5.88 Å². The molecule has 2 saturated heterocycles. The maximum atomic E-state index is 13.7. The molecule has 25 heavy (non-hydrogen) atoms. The SMILES string of the molecule is O=C(c1ccnnc1)N1CC2(CC(Oc3ncccc3F)CCO2)C1. The lowest BCUT2D eigenvalue weighted by atomic mass is 9.84. The monoisotopic (exact) mass is 344 g/mol. The highest BCUT2D eigenvalue weighted by Crippen LogP contribution is 2.36. The number of ether oxygens (including phenoxy) is 2. The number of hydrogen-bond donors (Lipinski definition) is 0. The number of amides is 1. The Morgan fingerprint density at radius 2 is 2.20 bits per heavy atom. The zero-order chi connectivity index (χ0) is 17.3. The van der Waals surface area contributed by atoms with E-state index in [0.29, 0.717) is 38.1 Å². The molecule has 0 aromatic carbocycles. The third-order valence-electron chi connectivity index (χ3n) is 4.53. The van der Waals surface area contributed by atoms with Crippen molar-refractivity contribution in [3.8, 4) is 5.88 Å². The summed E-state index contributed by atoms with van der Waals surface area (Å²) in [5.74, 6) is -0.554. The third-order valence-corrected chi connectivity index (χ3v) is 4.53. The molecule has 8 heteroatoms. The van der Waals surface area contributed by atoms with Gasteiger partial charge in [-0.15, -0.1) is 0 Å². The van der Waals surface area contributed by atoms with Gasteiger partial charge in [-0.1, -0.05) is 0 Å². The molecule has 0 N–H and O–H groups in total. The van der Waals surface area contributed by atoms with Crippen molar-refractivity contribution in [2.45, 2.75) is 24.5 Å². The number of carbonyl (C=O) groups is 1. The van der Waals surface area contributed by atoms with E-state index in [0.717, 1.165) is 0 Å². The van der Waals surface area contributed by atoms with E-state index in [2.05, 4.69) is 15.2 Å². The maximum Gasteiger partial charge on any atom is 0.255 e. The van der Waals surface area contributed by atoms with Gasteiger partial charge in [0.05, 0.1) is 37.7 Å². The molecule has 2 aromatic heterocycles. The topological polar surface area (TPSA) is 77.4 Å². The van der Waals surface area contributed by atoms with Gasteiger partial charge in [0.1, 0.15) is 11.7 Å². The number of pyridine rings is 1. The predicted octanol–water partition coefficient (Wildman–Crippen LogP) is 1.46. The molecule has 4 heterocycles. The van der Waals surface area contributed by atoms with Crippen molar-refractivity contribution < 1.29 is 18.7 Å². The van der Waals surface area contributed by atoms with Crippen LogP contribution in [-0.2, 0) is 4.74 Å².